The molecule has 174 valence electrons. The van der Waals surface area contributed by atoms with Crippen LogP contribution in [0.2, 0.25) is 0 Å². The number of carboxylic acid groups (broad SMARTS) is 1. The van der Waals surface area contributed by atoms with Crippen molar-refractivity contribution in [2.75, 3.05) is 13.1 Å². The van der Waals surface area contributed by atoms with E-state index < -0.39 is 40.1 Å². The standard InChI is InChI=1S/C22H22FN3O6S/c1-13(2)32-15-4-6-16(7-5-15)33(30,31)25-11-20(21(27)12-25)26-19-9-14(23)3-8-17(19)18(24-26)10-22(28)29/h3-9,13,20H,10-12H2,1-2H3,(H,28,29). The van der Waals surface area contributed by atoms with Crippen LogP contribution in [0, 0.1) is 5.82 Å². The first-order valence-electron chi connectivity index (χ1n) is 10.2. The second-order valence-electron chi connectivity index (χ2n) is 8.04. The van der Waals surface area contributed by atoms with Crippen molar-refractivity contribution >= 4 is 32.7 Å². The van der Waals surface area contributed by atoms with E-state index in [1.807, 2.05) is 13.8 Å². The normalized spacial score (nSPS) is 17.2. The number of carboxylic acids is 1. The molecule has 1 aliphatic rings. The summed E-state index contributed by atoms with van der Waals surface area (Å²) in [6.07, 6.45) is -0.479. The van der Waals surface area contributed by atoms with Gasteiger partial charge in [-0.2, -0.15) is 9.40 Å². The SMILES string of the molecule is CC(C)Oc1ccc(S(=O)(=O)N2CC(=O)C(n3nc(CC(=O)O)c4ccc(F)cc43)C2)cc1. The van der Waals surface area contributed by atoms with Crippen LogP contribution in [-0.2, 0) is 26.0 Å². The Morgan fingerprint density at radius 1 is 1.24 bits per heavy atom. The van der Waals surface area contributed by atoms with Crippen LogP contribution in [0.5, 0.6) is 5.75 Å². The summed E-state index contributed by atoms with van der Waals surface area (Å²) in [5.74, 6) is -1.61. The van der Waals surface area contributed by atoms with Gasteiger partial charge in [0.2, 0.25) is 10.0 Å². The van der Waals surface area contributed by atoms with Crippen LogP contribution in [0.1, 0.15) is 25.6 Å². The second-order valence-corrected chi connectivity index (χ2v) is 9.98. The number of fused-ring (bicyclic) bond motifs is 1. The molecule has 2 heterocycles. The predicted octanol–water partition coefficient (Wildman–Crippen LogP) is 2.40. The lowest BCUT2D eigenvalue weighted by Crippen LogP contribution is -2.29. The van der Waals surface area contributed by atoms with E-state index >= 15 is 0 Å². The molecule has 0 aliphatic carbocycles. The molecule has 4 rings (SSSR count). The molecular weight excluding hydrogens is 453 g/mol. The van der Waals surface area contributed by atoms with Gasteiger partial charge in [0.05, 0.1) is 35.2 Å². The molecule has 1 fully saturated rings. The molecule has 3 aromatic rings. The van der Waals surface area contributed by atoms with Gasteiger partial charge in [0.1, 0.15) is 17.6 Å². The number of hydrogen-bond acceptors (Lipinski definition) is 6. The molecule has 0 bridgehead atoms. The summed E-state index contributed by atoms with van der Waals surface area (Å²) in [5.41, 5.74) is 0.409. The molecule has 1 unspecified atom stereocenters. The highest BCUT2D eigenvalue weighted by atomic mass is 32.2. The third-order valence-electron chi connectivity index (χ3n) is 5.27. The monoisotopic (exact) mass is 475 g/mol. The molecule has 0 radical (unpaired) electrons. The van der Waals surface area contributed by atoms with Gasteiger partial charge in [-0.15, -0.1) is 0 Å². The van der Waals surface area contributed by atoms with Crippen LogP contribution in [0.15, 0.2) is 47.4 Å². The average molecular weight is 475 g/mol. The van der Waals surface area contributed by atoms with E-state index in [4.69, 9.17) is 9.84 Å². The van der Waals surface area contributed by atoms with Crippen molar-refractivity contribution in [2.45, 2.75) is 37.3 Å². The minimum atomic E-state index is -3.98. The third kappa shape index (κ3) is 4.46. The second kappa shape index (κ2) is 8.56. The van der Waals surface area contributed by atoms with Gasteiger partial charge >= 0.3 is 5.97 Å². The highest BCUT2D eigenvalue weighted by molar-refractivity contribution is 7.89. The van der Waals surface area contributed by atoms with Crippen molar-refractivity contribution in [1.82, 2.24) is 14.1 Å². The van der Waals surface area contributed by atoms with E-state index in [0.717, 1.165) is 10.4 Å². The summed E-state index contributed by atoms with van der Waals surface area (Å²) in [6, 6.07) is 8.65. The average Bonchev–Trinajstić information content (AvgIpc) is 3.28. The first-order valence-corrected chi connectivity index (χ1v) is 11.7. The maximum atomic E-state index is 13.9. The predicted molar refractivity (Wildman–Crippen MR) is 116 cm³/mol. The summed E-state index contributed by atoms with van der Waals surface area (Å²) in [5, 5.41) is 13.8. The molecule has 33 heavy (non-hydrogen) atoms. The molecule has 9 nitrogen and oxygen atoms in total. The lowest BCUT2D eigenvalue weighted by atomic mass is 10.1. The number of halogens is 1. The van der Waals surface area contributed by atoms with Crippen molar-refractivity contribution < 1.29 is 32.2 Å². The highest BCUT2D eigenvalue weighted by Crippen LogP contribution is 2.30. The minimum absolute atomic E-state index is 0.00925. The van der Waals surface area contributed by atoms with Crippen LogP contribution in [0.25, 0.3) is 10.9 Å². The number of ketones is 1. The van der Waals surface area contributed by atoms with Crippen molar-refractivity contribution in [3.63, 3.8) is 0 Å². The van der Waals surface area contributed by atoms with Crippen LogP contribution < -0.4 is 4.74 Å². The van der Waals surface area contributed by atoms with Gasteiger partial charge in [0, 0.05) is 11.9 Å². The molecule has 1 saturated heterocycles. The first kappa shape index (κ1) is 22.9. The van der Waals surface area contributed by atoms with Gasteiger partial charge in [-0.05, 0) is 56.3 Å². The fourth-order valence-electron chi connectivity index (χ4n) is 3.83. The number of carbonyl (C=O) groups is 2. The van der Waals surface area contributed by atoms with Crippen LogP contribution >= 0.6 is 0 Å². The maximum absolute atomic E-state index is 13.9. The Hall–Kier alpha value is -3.31. The number of rotatable bonds is 7. The van der Waals surface area contributed by atoms with Gasteiger partial charge < -0.3 is 9.84 Å². The number of benzene rings is 2. The van der Waals surface area contributed by atoms with Gasteiger partial charge in [0.15, 0.2) is 5.78 Å². The molecule has 1 atom stereocenters. The van der Waals surface area contributed by atoms with Crippen molar-refractivity contribution in [1.29, 1.82) is 0 Å². The Bertz CT molecular complexity index is 1330. The van der Waals surface area contributed by atoms with Crippen molar-refractivity contribution in [3.8, 4) is 5.75 Å². The van der Waals surface area contributed by atoms with Crippen LogP contribution in [0.3, 0.4) is 0 Å². The molecule has 2 aromatic carbocycles. The van der Waals surface area contributed by atoms with Crippen LogP contribution in [0.4, 0.5) is 4.39 Å². The van der Waals surface area contributed by atoms with E-state index in [9.17, 15) is 22.4 Å². The van der Waals surface area contributed by atoms with E-state index in [2.05, 4.69) is 5.10 Å². The number of nitrogens with zero attached hydrogens (tertiary/aromatic N) is 3. The number of Topliss-reactive ketones (excluding diaryl/α,β-unsaturated/α-hetero) is 1. The molecule has 0 saturated carbocycles. The van der Waals surface area contributed by atoms with Gasteiger partial charge in [-0.3, -0.25) is 14.3 Å². The Kier molecular flexibility index (Phi) is 5.93. The lowest BCUT2D eigenvalue weighted by molar-refractivity contribution is -0.136. The Labute approximate surface area is 189 Å². The van der Waals surface area contributed by atoms with Crippen LogP contribution in [-0.4, -0.2) is 58.6 Å². The number of carbonyl (C=O) groups excluding carboxylic acids is 1. The number of aliphatic carboxylic acids is 1. The number of ether oxygens (including phenoxy) is 1. The summed E-state index contributed by atoms with van der Waals surface area (Å²) < 4.78 is 48.0. The number of sulfonamides is 1. The van der Waals surface area contributed by atoms with Crippen molar-refractivity contribution in [2.24, 2.45) is 0 Å². The molecular formula is C22H22FN3O6S. The summed E-state index contributed by atoms with van der Waals surface area (Å²) in [6.45, 7) is 3.13. The summed E-state index contributed by atoms with van der Waals surface area (Å²) in [7, 11) is -3.98. The molecule has 1 N–H and O–H groups in total. The van der Waals surface area contributed by atoms with Gasteiger partial charge in [0.25, 0.3) is 0 Å². The third-order valence-corrected chi connectivity index (χ3v) is 7.10. The van der Waals surface area contributed by atoms with Gasteiger partial charge in [-0.25, -0.2) is 12.8 Å². The highest BCUT2D eigenvalue weighted by Gasteiger charge is 2.40. The zero-order valence-electron chi connectivity index (χ0n) is 17.9. The molecule has 1 aliphatic heterocycles. The Morgan fingerprint density at radius 2 is 1.94 bits per heavy atom. The molecule has 0 amide bonds. The fraction of sp³-hybridized carbons (Fsp3) is 0.318. The topological polar surface area (TPSA) is 119 Å². The summed E-state index contributed by atoms with van der Waals surface area (Å²) in [4.78, 5) is 24.0. The van der Waals surface area contributed by atoms with Crippen molar-refractivity contribution in [3.05, 3.63) is 54.0 Å². The smallest absolute Gasteiger partial charge is 0.309 e. The molecule has 1 aromatic heterocycles. The first-order chi connectivity index (χ1) is 15.6. The Balaban J connectivity index is 1.65. The maximum Gasteiger partial charge on any atom is 0.309 e. The van der Waals surface area contributed by atoms with E-state index in [1.54, 1.807) is 12.1 Å². The molecule has 11 heteroatoms. The zero-order chi connectivity index (χ0) is 23.9. The molecule has 0 spiro atoms. The quantitative estimate of drug-likeness (QED) is 0.557. The van der Waals surface area contributed by atoms with E-state index in [1.165, 1.54) is 28.9 Å². The minimum Gasteiger partial charge on any atom is -0.491 e. The van der Waals surface area contributed by atoms with Gasteiger partial charge in [-0.1, -0.05) is 0 Å². The largest absolute Gasteiger partial charge is 0.491 e. The summed E-state index contributed by atoms with van der Waals surface area (Å²) >= 11 is 0. The van der Waals surface area contributed by atoms with E-state index in [-0.39, 0.29) is 35.3 Å². The lowest BCUT2D eigenvalue weighted by Gasteiger charge is -2.17. The fourth-order valence-corrected chi connectivity index (χ4v) is 5.25. The number of hydrogen-bond donors (Lipinski definition) is 1. The van der Waals surface area contributed by atoms with E-state index in [0.29, 0.717) is 11.1 Å². The Morgan fingerprint density at radius 3 is 2.58 bits per heavy atom. The zero-order valence-corrected chi connectivity index (χ0v) is 18.8. The number of aromatic nitrogens is 2.